The number of imidazole rings is 1. The van der Waals surface area contributed by atoms with Crippen LogP contribution in [0.3, 0.4) is 0 Å². The topological polar surface area (TPSA) is 55.1 Å². The maximum absolute atomic E-state index is 10.7. The molecule has 0 saturated heterocycles. The maximum atomic E-state index is 10.7. The van der Waals surface area contributed by atoms with Gasteiger partial charge in [0.25, 0.3) is 0 Å². The minimum atomic E-state index is -0.814. The lowest BCUT2D eigenvalue weighted by Gasteiger charge is -2.06. The first kappa shape index (κ1) is 13.0. The number of hydrogen-bond acceptors (Lipinski definition) is 3. The molecule has 1 aromatic heterocycles. The van der Waals surface area contributed by atoms with Crippen molar-refractivity contribution in [3.05, 3.63) is 23.8 Å². The van der Waals surface area contributed by atoms with Gasteiger partial charge in [-0.25, -0.2) is 4.98 Å². The van der Waals surface area contributed by atoms with Gasteiger partial charge in [-0.2, -0.15) is 0 Å². The molecule has 0 saturated carbocycles. The molecule has 1 N–H and O–H groups in total. The molecule has 0 bridgehead atoms. The van der Waals surface area contributed by atoms with E-state index in [4.69, 9.17) is 5.11 Å². The van der Waals surface area contributed by atoms with Crippen LogP contribution in [-0.4, -0.2) is 26.4 Å². The first-order valence-electron chi connectivity index (χ1n) is 5.93. The molecule has 0 aliphatic heterocycles. The molecule has 2 rings (SSSR count). The number of aromatic nitrogens is 2. The third kappa shape index (κ3) is 2.67. The van der Waals surface area contributed by atoms with Crippen molar-refractivity contribution in [2.24, 2.45) is 0 Å². The molecular weight excluding hydrogens is 248 g/mol. The van der Waals surface area contributed by atoms with Crippen LogP contribution < -0.4 is 0 Å². The van der Waals surface area contributed by atoms with Gasteiger partial charge in [0.2, 0.25) is 0 Å². The highest BCUT2D eigenvalue weighted by Gasteiger charge is 2.12. The summed E-state index contributed by atoms with van der Waals surface area (Å²) < 4.78 is 2.11. The number of fused-ring (bicyclic) bond motifs is 1. The van der Waals surface area contributed by atoms with E-state index in [2.05, 4.69) is 22.5 Å². The number of nitrogens with zero attached hydrogens (tertiary/aromatic N) is 2. The zero-order valence-electron chi connectivity index (χ0n) is 10.5. The molecule has 0 aliphatic carbocycles. The largest absolute Gasteiger partial charge is 0.481 e. The second kappa shape index (κ2) is 5.44. The molecule has 96 valence electrons. The number of carboxylic acid groups (broad SMARTS) is 1. The maximum Gasteiger partial charge on any atom is 0.313 e. The number of aryl methyl sites for hydroxylation is 2. The van der Waals surface area contributed by atoms with Gasteiger partial charge in [0.15, 0.2) is 5.16 Å². The predicted molar refractivity (Wildman–Crippen MR) is 73.1 cm³/mol. The Morgan fingerprint density at radius 3 is 2.94 bits per heavy atom. The van der Waals surface area contributed by atoms with Gasteiger partial charge >= 0.3 is 5.97 Å². The van der Waals surface area contributed by atoms with Crippen molar-refractivity contribution in [1.29, 1.82) is 0 Å². The fraction of sp³-hybridized carbons (Fsp3) is 0.385. The fourth-order valence-corrected chi connectivity index (χ4v) is 2.65. The lowest BCUT2D eigenvalue weighted by molar-refractivity contribution is -0.133. The summed E-state index contributed by atoms with van der Waals surface area (Å²) in [5.74, 6) is -0.766. The molecule has 18 heavy (non-hydrogen) atoms. The van der Waals surface area contributed by atoms with Crippen LogP contribution in [0.5, 0.6) is 0 Å². The molecule has 0 fully saturated rings. The molecule has 0 atom stereocenters. The zero-order chi connectivity index (χ0) is 13.1. The Balaban J connectivity index is 2.44. The van der Waals surface area contributed by atoms with Gasteiger partial charge in [-0.1, -0.05) is 24.8 Å². The highest BCUT2D eigenvalue weighted by atomic mass is 32.2. The molecule has 0 unspecified atom stereocenters. The SMILES string of the molecule is CCCn1c(SCC(=O)O)nc2ccc(C)cc21. The van der Waals surface area contributed by atoms with E-state index in [0.29, 0.717) is 0 Å². The summed E-state index contributed by atoms with van der Waals surface area (Å²) in [7, 11) is 0. The molecule has 2 aromatic rings. The number of benzene rings is 1. The van der Waals surface area contributed by atoms with Crippen LogP contribution in [0.1, 0.15) is 18.9 Å². The molecule has 4 nitrogen and oxygen atoms in total. The molecule has 5 heteroatoms. The van der Waals surface area contributed by atoms with Crippen LogP contribution in [0.25, 0.3) is 11.0 Å². The summed E-state index contributed by atoms with van der Waals surface area (Å²) >= 11 is 1.28. The van der Waals surface area contributed by atoms with E-state index in [1.165, 1.54) is 17.3 Å². The first-order valence-corrected chi connectivity index (χ1v) is 6.92. The van der Waals surface area contributed by atoms with E-state index in [1.54, 1.807) is 0 Å². The molecule has 1 aromatic carbocycles. The first-order chi connectivity index (χ1) is 8.61. The fourth-order valence-electron chi connectivity index (χ4n) is 1.89. The van der Waals surface area contributed by atoms with Crippen molar-refractivity contribution in [1.82, 2.24) is 9.55 Å². The third-order valence-corrected chi connectivity index (χ3v) is 3.60. The van der Waals surface area contributed by atoms with E-state index < -0.39 is 5.97 Å². The van der Waals surface area contributed by atoms with Gasteiger partial charge in [0, 0.05) is 6.54 Å². The molecule has 0 radical (unpaired) electrons. The summed E-state index contributed by atoms with van der Waals surface area (Å²) in [6, 6.07) is 6.11. The quantitative estimate of drug-likeness (QED) is 0.844. The standard InChI is InChI=1S/C13H16N2O2S/c1-3-6-15-11-7-9(2)4-5-10(11)14-13(15)18-8-12(16)17/h4-5,7H,3,6,8H2,1-2H3,(H,16,17). The molecule has 0 spiro atoms. The van der Waals surface area contributed by atoms with Crippen molar-refractivity contribution in [2.45, 2.75) is 32.0 Å². The number of hydrogen-bond donors (Lipinski definition) is 1. The molecule has 0 amide bonds. The van der Waals surface area contributed by atoms with Gasteiger partial charge in [0.05, 0.1) is 16.8 Å². The molecular formula is C13H16N2O2S. The van der Waals surface area contributed by atoms with Crippen molar-refractivity contribution in [2.75, 3.05) is 5.75 Å². The third-order valence-electron chi connectivity index (χ3n) is 2.64. The van der Waals surface area contributed by atoms with E-state index in [9.17, 15) is 4.79 Å². The predicted octanol–water partition coefficient (Wildman–Crippen LogP) is 2.93. The number of thioether (sulfide) groups is 1. The summed E-state index contributed by atoms with van der Waals surface area (Å²) in [4.78, 5) is 15.2. The normalized spacial score (nSPS) is 11.0. The number of rotatable bonds is 5. The summed E-state index contributed by atoms with van der Waals surface area (Å²) in [5, 5.41) is 9.55. The highest BCUT2D eigenvalue weighted by molar-refractivity contribution is 7.99. The lowest BCUT2D eigenvalue weighted by atomic mass is 10.2. The van der Waals surface area contributed by atoms with Crippen LogP contribution >= 0.6 is 11.8 Å². The Morgan fingerprint density at radius 2 is 2.28 bits per heavy atom. The highest BCUT2D eigenvalue weighted by Crippen LogP contribution is 2.25. The Kier molecular flexibility index (Phi) is 3.91. The number of aliphatic carboxylic acids is 1. The summed E-state index contributed by atoms with van der Waals surface area (Å²) in [6.07, 6.45) is 1.00. The summed E-state index contributed by atoms with van der Waals surface area (Å²) in [5.41, 5.74) is 3.21. The van der Waals surface area contributed by atoms with Gasteiger partial charge in [-0.15, -0.1) is 0 Å². The van der Waals surface area contributed by atoms with E-state index in [1.807, 2.05) is 19.1 Å². The van der Waals surface area contributed by atoms with E-state index >= 15 is 0 Å². The van der Waals surface area contributed by atoms with Crippen LogP contribution in [0.2, 0.25) is 0 Å². The van der Waals surface area contributed by atoms with Crippen molar-refractivity contribution >= 4 is 28.8 Å². The van der Waals surface area contributed by atoms with E-state index in [0.717, 1.165) is 29.2 Å². The second-order valence-electron chi connectivity index (χ2n) is 4.22. The Labute approximate surface area is 110 Å². The Hall–Kier alpha value is -1.49. The van der Waals surface area contributed by atoms with Gasteiger partial charge < -0.3 is 9.67 Å². The number of carbonyl (C=O) groups is 1. The Morgan fingerprint density at radius 1 is 1.50 bits per heavy atom. The van der Waals surface area contributed by atoms with Crippen LogP contribution in [0, 0.1) is 6.92 Å². The smallest absolute Gasteiger partial charge is 0.313 e. The minimum absolute atomic E-state index is 0.0476. The van der Waals surface area contributed by atoms with Crippen molar-refractivity contribution in [3.8, 4) is 0 Å². The van der Waals surface area contributed by atoms with Crippen LogP contribution in [0.15, 0.2) is 23.4 Å². The average molecular weight is 264 g/mol. The van der Waals surface area contributed by atoms with E-state index in [-0.39, 0.29) is 5.75 Å². The zero-order valence-corrected chi connectivity index (χ0v) is 11.3. The summed E-state index contributed by atoms with van der Waals surface area (Å²) in [6.45, 7) is 5.02. The molecule has 0 aliphatic rings. The van der Waals surface area contributed by atoms with Crippen molar-refractivity contribution < 1.29 is 9.90 Å². The molecule has 1 heterocycles. The monoisotopic (exact) mass is 264 g/mol. The average Bonchev–Trinajstić information content (AvgIpc) is 2.65. The van der Waals surface area contributed by atoms with Crippen LogP contribution in [-0.2, 0) is 11.3 Å². The minimum Gasteiger partial charge on any atom is -0.481 e. The van der Waals surface area contributed by atoms with Crippen molar-refractivity contribution in [3.63, 3.8) is 0 Å². The van der Waals surface area contributed by atoms with Gasteiger partial charge in [0.1, 0.15) is 0 Å². The van der Waals surface area contributed by atoms with Crippen LogP contribution in [0.4, 0.5) is 0 Å². The van der Waals surface area contributed by atoms with Gasteiger partial charge in [-0.3, -0.25) is 4.79 Å². The number of carboxylic acids is 1. The second-order valence-corrected chi connectivity index (χ2v) is 5.16. The van der Waals surface area contributed by atoms with Gasteiger partial charge in [-0.05, 0) is 31.0 Å². The Bertz CT molecular complexity index is 578. The lowest BCUT2D eigenvalue weighted by Crippen LogP contribution is -2.03.